The average Bonchev–Trinajstić information content (AvgIpc) is 3.20. The number of aryl methyl sites for hydroxylation is 1. The number of carbonyl (C=O) groups excluding carboxylic acids is 1. The van der Waals surface area contributed by atoms with E-state index in [-0.39, 0.29) is 12.4 Å². The fourth-order valence-corrected chi connectivity index (χ4v) is 2.88. The minimum absolute atomic E-state index is 0.0861. The second-order valence-corrected chi connectivity index (χ2v) is 6.32. The Hall–Kier alpha value is -3.38. The predicted molar refractivity (Wildman–Crippen MR) is 108 cm³/mol. The number of H-pyrrole nitrogens is 1. The summed E-state index contributed by atoms with van der Waals surface area (Å²) >= 11 is 0. The van der Waals surface area contributed by atoms with E-state index in [2.05, 4.69) is 10.2 Å². The van der Waals surface area contributed by atoms with Crippen LogP contribution in [0.3, 0.4) is 0 Å². The molecule has 6 heteroatoms. The van der Waals surface area contributed by atoms with Crippen LogP contribution >= 0.6 is 0 Å². The number of carbonyl (C=O) groups is 1. The fraction of sp³-hybridized carbons (Fsp3) is 0.182. The number of aliphatic hydroxyl groups excluding tert-OH is 1. The van der Waals surface area contributed by atoms with Gasteiger partial charge in [0, 0.05) is 11.1 Å². The molecular formula is C22H22N2O4. The van der Waals surface area contributed by atoms with Crippen molar-refractivity contribution >= 4 is 11.9 Å². The van der Waals surface area contributed by atoms with E-state index in [0.29, 0.717) is 22.7 Å². The molecule has 6 nitrogen and oxygen atoms in total. The van der Waals surface area contributed by atoms with Gasteiger partial charge in [0.05, 0.1) is 32.2 Å². The van der Waals surface area contributed by atoms with Crippen LogP contribution in [0.25, 0.3) is 17.3 Å². The zero-order valence-electron chi connectivity index (χ0n) is 16.0. The number of ether oxygens (including phenoxy) is 2. The van der Waals surface area contributed by atoms with Gasteiger partial charge in [0.25, 0.3) is 0 Å². The molecule has 2 aromatic carbocycles. The lowest BCUT2D eigenvalue weighted by atomic mass is 10.1. The van der Waals surface area contributed by atoms with Crippen molar-refractivity contribution < 1.29 is 19.4 Å². The van der Waals surface area contributed by atoms with Gasteiger partial charge in [-0.15, -0.1) is 0 Å². The van der Waals surface area contributed by atoms with Crippen molar-refractivity contribution in [1.82, 2.24) is 10.2 Å². The molecule has 1 aromatic heterocycles. The third-order valence-electron chi connectivity index (χ3n) is 4.37. The molecule has 0 saturated carbocycles. The number of methoxy groups -OCH3 is 2. The number of aromatic amines is 1. The van der Waals surface area contributed by atoms with Gasteiger partial charge in [-0.25, -0.2) is 0 Å². The topological polar surface area (TPSA) is 84.4 Å². The molecule has 0 bridgehead atoms. The van der Waals surface area contributed by atoms with Crippen LogP contribution in [0.4, 0.5) is 0 Å². The average molecular weight is 378 g/mol. The molecule has 0 aliphatic rings. The van der Waals surface area contributed by atoms with E-state index < -0.39 is 0 Å². The molecule has 0 saturated heterocycles. The number of benzene rings is 2. The lowest BCUT2D eigenvalue weighted by Gasteiger charge is -2.05. The number of nitrogens with zero attached hydrogens (tertiary/aromatic N) is 1. The maximum atomic E-state index is 12.4. The Bertz CT molecular complexity index is 999. The monoisotopic (exact) mass is 378 g/mol. The number of nitrogens with one attached hydrogen (secondary N) is 1. The second-order valence-electron chi connectivity index (χ2n) is 6.32. The van der Waals surface area contributed by atoms with Gasteiger partial charge in [0.1, 0.15) is 11.5 Å². The first-order valence-electron chi connectivity index (χ1n) is 8.75. The second kappa shape index (κ2) is 8.54. The molecule has 3 rings (SSSR count). The quantitative estimate of drug-likeness (QED) is 0.483. The first-order valence-corrected chi connectivity index (χ1v) is 8.75. The largest absolute Gasteiger partial charge is 0.497 e. The highest BCUT2D eigenvalue weighted by Crippen LogP contribution is 2.26. The summed E-state index contributed by atoms with van der Waals surface area (Å²) in [6.45, 7) is 1.81. The van der Waals surface area contributed by atoms with Gasteiger partial charge in [-0.2, -0.15) is 5.10 Å². The van der Waals surface area contributed by atoms with Crippen molar-refractivity contribution in [1.29, 1.82) is 0 Å². The van der Waals surface area contributed by atoms with E-state index in [1.54, 1.807) is 44.6 Å². The summed E-state index contributed by atoms with van der Waals surface area (Å²) in [4.78, 5) is 12.4. The summed E-state index contributed by atoms with van der Waals surface area (Å²) < 4.78 is 10.5. The lowest BCUT2D eigenvalue weighted by Crippen LogP contribution is -1.96. The third kappa shape index (κ3) is 4.29. The summed E-state index contributed by atoms with van der Waals surface area (Å²) in [5.41, 5.74) is 4.44. The molecule has 3 aromatic rings. The standard InChI is InChI=1S/C22H22N2O4/c1-14-8-16(4-7-22(14)28-3)21(26)6-5-18-12-20(24-23-18)17-9-15(13-25)10-19(11-17)27-2/h4-12,25H,13H2,1-3H3,(H,23,24)/b6-5+. The van der Waals surface area contributed by atoms with Crippen LogP contribution < -0.4 is 9.47 Å². The summed E-state index contributed by atoms with van der Waals surface area (Å²) in [6, 6.07) is 12.6. The summed E-state index contributed by atoms with van der Waals surface area (Å²) in [6.07, 6.45) is 3.19. The number of hydrogen-bond acceptors (Lipinski definition) is 5. The number of aliphatic hydroxyl groups is 1. The van der Waals surface area contributed by atoms with Gasteiger partial charge in [-0.3, -0.25) is 9.89 Å². The highest BCUT2D eigenvalue weighted by molar-refractivity contribution is 6.07. The Kier molecular flexibility index (Phi) is 5.91. The maximum Gasteiger partial charge on any atom is 0.185 e. The fourth-order valence-electron chi connectivity index (χ4n) is 2.88. The smallest absolute Gasteiger partial charge is 0.185 e. The molecule has 2 N–H and O–H groups in total. The van der Waals surface area contributed by atoms with Crippen LogP contribution in [0, 0.1) is 6.92 Å². The minimum Gasteiger partial charge on any atom is -0.497 e. The Labute approximate surface area is 163 Å². The molecule has 0 atom stereocenters. The van der Waals surface area contributed by atoms with Crippen LogP contribution in [0.5, 0.6) is 11.5 Å². The van der Waals surface area contributed by atoms with E-state index in [9.17, 15) is 9.90 Å². The number of hydrogen-bond donors (Lipinski definition) is 2. The van der Waals surface area contributed by atoms with E-state index in [1.807, 2.05) is 25.1 Å². The number of rotatable bonds is 7. The lowest BCUT2D eigenvalue weighted by molar-refractivity contribution is 0.104. The summed E-state index contributed by atoms with van der Waals surface area (Å²) in [5.74, 6) is 1.29. The molecule has 0 amide bonds. The number of allylic oxidation sites excluding steroid dienone is 1. The molecule has 0 radical (unpaired) electrons. The minimum atomic E-state index is -0.106. The predicted octanol–water partition coefficient (Wildman–Crippen LogP) is 3.79. The molecule has 1 heterocycles. The summed E-state index contributed by atoms with van der Waals surface area (Å²) in [7, 11) is 3.18. The molecule has 0 spiro atoms. The van der Waals surface area contributed by atoms with Crippen molar-refractivity contribution in [3.05, 3.63) is 70.9 Å². The maximum absolute atomic E-state index is 12.4. The molecule has 0 aliphatic carbocycles. The Morgan fingerprint density at radius 2 is 1.96 bits per heavy atom. The van der Waals surface area contributed by atoms with Gasteiger partial charge < -0.3 is 14.6 Å². The molecule has 28 heavy (non-hydrogen) atoms. The van der Waals surface area contributed by atoms with Crippen LogP contribution in [0.15, 0.2) is 48.5 Å². The van der Waals surface area contributed by atoms with E-state index >= 15 is 0 Å². The van der Waals surface area contributed by atoms with Crippen LogP contribution in [-0.2, 0) is 6.61 Å². The van der Waals surface area contributed by atoms with E-state index in [4.69, 9.17) is 9.47 Å². The molecule has 0 aliphatic heterocycles. The van der Waals surface area contributed by atoms with Crippen molar-refractivity contribution in [2.45, 2.75) is 13.5 Å². The normalized spacial score (nSPS) is 11.0. The first kappa shape index (κ1) is 19.4. The number of aromatic nitrogens is 2. The Morgan fingerprint density at radius 1 is 1.14 bits per heavy atom. The first-order chi connectivity index (χ1) is 13.5. The van der Waals surface area contributed by atoms with Crippen molar-refractivity contribution in [3.8, 4) is 22.8 Å². The van der Waals surface area contributed by atoms with E-state index in [0.717, 1.165) is 22.4 Å². The van der Waals surface area contributed by atoms with Crippen LogP contribution in [-0.4, -0.2) is 35.3 Å². The van der Waals surface area contributed by atoms with Gasteiger partial charge in [0.15, 0.2) is 5.78 Å². The van der Waals surface area contributed by atoms with Crippen molar-refractivity contribution in [3.63, 3.8) is 0 Å². The van der Waals surface area contributed by atoms with E-state index in [1.165, 1.54) is 6.08 Å². The van der Waals surface area contributed by atoms with Gasteiger partial charge in [-0.05, 0) is 72.7 Å². The number of ketones is 1. The Morgan fingerprint density at radius 3 is 2.64 bits per heavy atom. The van der Waals surface area contributed by atoms with Crippen LogP contribution in [0.1, 0.15) is 27.2 Å². The molecule has 0 unspecified atom stereocenters. The zero-order chi connectivity index (χ0) is 20.1. The van der Waals surface area contributed by atoms with Crippen molar-refractivity contribution in [2.75, 3.05) is 14.2 Å². The zero-order valence-corrected chi connectivity index (χ0v) is 16.0. The third-order valence-corrected chi connectivity index (χ3v) is 4.37. The molecule has 0 fully saturated rings. The van der Waals surface area contributed by atoms with Gasteiger partial charge in [-0.1, -0.05) is 0 Å². The summed E-state index contributed by atoms with van der Waals surface area (Å²) in [5, 5.41) is 16.6. The Balaban J connectivity index is 1.79. The highest BCUT2D eigenvalue weighted by Gasteiger charge is 2.08. The SMILES string of the molecule is COc1cc(CO)cc(-c2cc(/C=C/C(=O)c3ccc(OC)c(C)c3)[nH]n2)c1. The van der Waals surface area contributed by atoms with Gasteiger partial charge in [0.2, 0.25) is 0 Å². The molecular weight excluding hydrogens is 356 g/mol. The highest BCUT2D eigenvalue weighted by atomic mass is 16.5. The molecule has 144 valence electrons. The van der Waals surface area contributed by atoms with Gasteiger partial charge >= 0.3 is 0 Å². The van der Waals surface area contributed by atoms with Crippen molar-refractivity contribution in [2.24, 2.45) is 0 Å². The van der Waals surface area contributed by atoms with Crippen LogP contribution in [0.2, 0.25) is 0 Å².